The minimum absolute atomic E-state index is 0.107. The first-order valence-corrected chi connectivity index (χ1v) is 5.62. The molecule has 86 valence electrons. The lowest BCUT2D eigenvalue weighted by Crippen LogP contribution is -2.42. The Hall–Kier alpha value is -1.43. The Balaban J connectivity index is 1.61. The van der Waals surface area contributed by atoms with Gasteiger partial charge in [-0.25, -0.2) is 15.1 Å². The predicted molar refractivity (Wildman–Crippen MR) is 54.1 cm³/mol. The Morgan fingerprint density at radius 3 is 2.81 bits per heavy atom. The van der Waals surface area contributed by atoms with E-state index in [0.717, 1.165) is 25.7 Å². The molecule has 16 heavy (non-hydrogen) atoms. The van der Waals surface area contributed by atoms with Crippen LogP contribution in [0.2, 0.25) is 0 Å². The van der Waals surface area contributed by atoms with Crippen LogP contribution in [0.1, 0.15) is 32.1 Å². The molecular weight excluding hydrogens is 208 g/mol. The molecule has 0 radical (unpaired) electrons. The van der Waals surface area contributed by atoms with Crippen LogP contribution in [0.3, 0.4) is 0 Å². The predicted octanol–water partition coefficient (Wildman–Crippen LogP) is 0.367. The number of hydroxylamine groups is 1. The summed E-state index contributed by atoms with van der Waals surface area (Å²) in [6, 6.07) is 0. The summed E-state index contributed by atoms with van der Waals surface area (Å²) in [7, 11) is 0. The number of nitrogens with zero attached hydrogens (tertiary/aromatic N) is 3. The average Bonchev–Trinajstić information content (AvgIpc) is 2.85. The summed E-state index contributed by atoms with van der Waals surface area (Å²) in [5.41, 5.74) is 2.01. The first-order chi connectivity index (χ1) is 7.81. The molecule has 0 aliphatic heterocycles. The Morgan fingerprint density at radius 1 is 1.50 bits per heavy atom. The first-order valence-electron chi connectivity index (χ1n) is 5.62. The van der Waals surface area contributed by atoms with Crippen molar-refractivity contribution in [3.8, 4) is 0 Å². The van der Waals surface area contributed by atoms with E-state index >= 15 is 0 Å². The van der Waals surface area contributed by atoms with Crippen molar-refractivity contribution in [3.05, 3.63) is 12.7 Å². The quantitative estimate of drug-likeness (QED) is 0.747. The lowest BCUT2D eigenvalue weighted by atomic mass is 9.97. The van der Waals surface area contributed by atoms with Gasteiger partial charge in [0.05, 0.1) is 6.10 Å². The lowest BCUT2D eigenvalue weighted by Gasteiger charge is -2.26. The fourth-order valence-electron chi connectivity index (χ4n) is 1.83. The summed E-state index contributed by atoms with van der Waals surface area (Å²) >= 11 is 0. The molecule has 2 aliphatic rings. The van der Waals surface area contributed by atoms with Gasteiger partial charge in [-0.2, -0.15) is 5.10 Å². The number of hydrogen-bond donors (Lipinski definition) is 1. The second-order valence-electron chi connectivity index (χ2n) is 4.47. The van der Waals surface area contributed by atoms with Crippen LogP contribution in [0, 0.1) is 0 Å². The second kappa shape index (κ2) is 3.55. The third kappa shape index (κ3) is 1.49. The highest BCUT2D eigenvalue weighted by molar-refractivity contribution is 5.86. The van der Waals surface area contributed by atoms with Crippen molar-refractivity contribution in [2.24, 2.45) is 0 Å². The topological polar surface area (TPSA) is 69.0 Å². The molecule has 1 N–H and O–H groups in total. The Labute approximate surface area is 92.9 Å². The van der Waals surface area contributed by atoms with E-state index in [-0.39, 0.29) is 12.0 Å². The summed E-state index contributed by atoms with van der Waals surface area (Å²) in [5.74, 6) is -0.107. The number of nitrogens with one attached hydrogen (secondary N) is 1. The minimum atomic E-state index is -0.541. The van der Waals surface area contributed by atoms with Crippen LogP contribution in [0.15, 0.2) is 12.7 Å². The first kappa shape index (κ1) is 9.77. The van der Waals surface area contributed by atoms with E-state index in [2.05, 4.69) is 15.6 Å². The van der Waals surface area contributed by atoms with E-state index in [4.69, 9.17) is 4.84 Å². The minimum Gasteiger partial charge on any atom is -0.270 e. The molecule has 1 heterocycles. The van der Waals surface area contributed by atoms with Crippen LogP contribution in [0.25, 0.3) is 0 Å². The maximum absolute atomic E-state index is 11.9. The molecule has 6 heteroatoms. The summed E-state index contributed by atoms with van der Waals surface area (Å²) in [4.78, 5) is 21.1. The van der Waals surface area contributed by atoms with Gasteiger partial charge in [0.25, 0.3) is 5.91 Å². The second-order valence-corrected chi connectivity index (χ2v) is 4.47. The summed E-state index contributed by atoms with van der Waals surface area (Å²) < 4.78 is 1.62. The van der Waals surface area contributed by atoms with Crippen molar-refractivity contribution in [2.75, 3.05) is 0 Å². The molecule has 2 saturated carbocycles. The van der Waals surface area contributed by atoms with Crippen molar-refractivity contribution in [1.29, 1.82) is 0 Å². The largest absolute Gasteiger partial charge is 0.271 e. The zero-order valence-electron chi connectivity index (χ0n) is 8.93. The molecule has 1 amide bonds. The normalized spacial score (nSPS) is 22.5. The molecule has 2 aliphatic carbocycles. The molecule has 0 unspecified atom stereocenters. The fourth-order valence-corrected chi connectivity index (χ4v) is 1.83. The Morgan fingerprint density at radius 2 is 2.31 bits per heavy atom. The van der Waals surface area contributed by atoms with Gasteiger partial charge in [0.1, 0.15) is 18.2 Å². The maximum atomic E-state index is 11.9. The molecule has 1 aromatic rings. The van der Waals surface area contributed by atoms with E-state index in [1.807, 2.05) is 0 Å². The number of hydrogen-bond acceptors (Lipinski definition) is 4. The van der Waals surface area contributed by atoms with Crippen LogP contribution in [-0.4, -0.2) is 26.8 Å². The van der Waals surface area contributed by atoms with Crippen molar-refractivity contribution >= 4 is 5.91 Å². The summed E-state index contributed by atoms with van der Waals surface area (Å²) in [6.07, 6.45) is 8.10. The van der Waals surface area contributed by atoms with Crippen molar-refractivity contribution in [3.63, 3.8) is 0 Å². The van der Waals surface area contributed by atoms with Crippen molar-refractivity contribution in [1.82, 2.24) is 20.2 Å². The fraction of sp³-hybridized carbons (Fsp3) is 0.700. The molecule has 0 bridgehead atoms. The van der Waals surface area contributed by atoms with Gasteiger partial charge in [-0.15, -0.1) is 0 Å². The molecule has 1 aromatic heterocycles. The van der Waals surface area contributed by atoms with Crippen LogP contribution in [0.4, 0.5) is 0 Å². The van der Waals surface area contributed by atoms with E-state index in [1.54, 1.807) is 11.0 Å². The van der Waals surface area contributed by atoms with Gasteiger partial charge in [-0.3, -0.25) is 9.63 Å². The highest BCUT2D eigenvalue weighted by Gasteiger charge is 2.53. The molecule has 3 rings (SSSR count). The highest BCUT2D eigenvalue weighted by atomic mass is 16.7. The number of carbonyl (C=O) groups excluding carboxylic acids is 1. The van der Waals surface area contributed by atoms with Gasteiger partial charge in [0, 0.05) is 0 Å². The zero-order valence-corrected chi connectivity index (χ0v) is 8.93. The third-order valence-electron chi connectivity index (χ3n) is 3.37. The summed E-state index contributed by atoms with van der Waals surface area (Å²) in [6.45, 7) is 0. The molecule has 0 spiro atoms. The zero-order chi connectivity index (χ0) is 11.0. The van der Waals surface area contributed by atoms with Crippen LogP contribution < -0.4 is 5.48 Å². The standard InChI is InChI=1S/C10H14N4O2/c15-9(13-16-8-2-1-3-8)10(4-5-10)14-7-11-6-12-14/h6-8H,1-5H2,(H,13,15). The molecule has 6 nitrogen and oxygen atoms in total. The van der Waals surface area contributed by atoms with Crippen LogP contribution >= 0.6 is 0 Å². The van der Waals surface area contributed by atoms with Gasteiger partial charge in [0.15, 0.2) is 0 Å². The number of aromatic nitrogens is 3. The maximum Gasteiger partial charge on any atom is 0.271 e. The SMILES string of the molecule is O=C(NOC1CCC1)C1(n2cncn2)CC1. The van der Waals surface area contributed by atoms with Gasteiger partial charge in [0.2, 0.25) is 0 Å². The Kier molecular flexibility index (Phi) is 2.17. The van der Waals surface area contributed by atoms with Gasteiger partial charge in [-0.1, -0.05) is 0 Å². The van der Waals surface area contributed by atoms with E-state index in [9.17, 15) is 4.79 Å². The lowest BCUT2D eigenvalue weighted by molar-refractivity contribution is -0.148. The van der Waals surface area contributed by atoms with Gasteiger partial charge in [-0.05, 0) is 32.1 Å². The van der Waals surface area contributed by atoms with Crippen molar-refractivity contribution < 1.29 is 9.63 Å². The molecule has 0 aromatic carbocycles. The number of amides is 1. The number of rotatable bonds is 4. The van der Waals surface area contributed by atoms with Gasteiger partial charge >= 0.3 is 0 Å². The van der Waals surface area contributed by atoms with E-state index < -0.39 is 5.54 Å². The highest BCUT2D eigenvalue weighted by Crippen LogP contribution is 2.42. The monoisotopic (exact) mass is 222 g/mol. The third-order valence-corrected chi connectivity index (χ3v) is 3.37. The van der Waals surface area contributed by atoms with E-state index in [0.29, 0.717) is 0 Å². The van der Waals surface area contributed by atoms with E-state index in [1.165, 1.54) is 12.7 Å². The molecule has 0 saturated heterocycles. The summed E-state index contributed by atoms with van der Waals surface area (Å²) in [5, 5.41) is 4.02. The number of carbonyl (C=O) groups is 1. The molecule has 2 fully saturated rings. The molecule has 0 atom stereocenters. The van der Waals surface area contributed by atoms with Crippen LogP contribution in [-0.2, 0) is 15.2 Å². The smallest absolute Gasteiger partial charge is 0.270 e. The Bertz CT molecular complexity index is 382. The van der Waals surface area contributed by atoms with Gasteiger partial charge < -0.3 is 0 Å². The van der Waals surface area contributed by atoms with Crippen LogP contribution in [0.5, 0.6) is 0 Å². The average molecular weight is 222 g/mol. The molecular formula is C10H14N4O2. The van der Waals surface area contributed by atoms with Crippen molar-refractivity contribution in [2.45, 2.75) is 43.7 Å².